The number of rotatable bonds is 5. The SMILES string of the molecule is C/C=C/COc1cc(C(=O)O)ccc1[N+](=O)[O-]. The summed E-state index contributed by atoms with van der Waals surface area (Å²) in [5.74, 6) is -1.20. The van der Waals surface area contributed by atoms with E-state index in [9.17, 15) is 14.9 Å². The van der Waals surface area contributed by atoms with Crippen molar-refractivity contribution in [3.8, 4) is 5.75 Å². The first-order valence-corrected chi connectivity index (χ1v) is 4.82. The minimum atomic E-state index is -1.16. The predicted molar refractivity (Wildman–Crippen MR) is 60.4 cm³/mol. The van der Waals surface area contributed by atoms with Crippen molar-refractivity contribution in [1.82, 2.24) is 0 Å². The highest BCUT2D eigenvalue weighted by Crippen LogP contribution is 2.27. The van der Waals surface area contributed by atoms with Gasteiger partial charge in [0.2, 0.25) is 0 Å². The Morgan fingerprint density at radius 1 is 1.59 bits per heavy atom. The molecule has 0 aliphatic carbocycles. The average Bonchev–Trinajstić information content (AvgIpc) is 2.28. The number of carboxylic acids is 1. The predicted octanol–water partition coefficient (Wildman–Crippen LogP) is 2.25. The van der Waals surface area contributed by atoms with Crippen LogP contribution in [0.15, 0.2) is 30.4 Å². The van der Waals surface area contributed by atoms with Crippen LogP contribution in [-0.4, -0.2) is 22.6 Å². The summed E-state index contributed by atoms with van der Waals surface area (Å²) in [5.41, 5.74) is -0.300. The van der Waals surface area contributed by atoms with E-state index in [2.05, 4.69) is 0 Å². The van der Waals surface area contributed by atoms with Gasteiger partial charge in [0.05, 0.1) is 10.5 Å². The lowest BCUT2D eigenvalue weighted by Crippen LogP contribution is -2.02. The number of nitro benzene ring substituents is 1. The van der Waals surface area contributed by atoms with Gasteiger partial charge in [-0.05, 0) is 13.0 Å². The number of carboxylic acid groups (broad SMARTS) is 1. The van der Waals surface area contributed by atoms with Crippen molar-refractivity contribution >= 4 is 11.7 Å². The Labute approximate surface area is 97.3 Å². The normalized spacial score (nSPS) is 10.4. The summed E-state index contributed by atoms with van der Waals surface area (Å²) in [6.07, 6.45) is 3.39. The second kappa shape index (κ2) is 5.64. The molecular formula is C11H11NO5. The number of hydrogen-bond acceptors (Lipinski definition) is 4. The lowest BCUT2D eigenvalue weighted by molar-refractivity contribution is -0.385. The summed E-state index contributed by atoms with van der Waals surface area (Å²) in [7, 11) is 0. The highest BCUT2D eigenvalue weighted by molar-refractivity contribution is 5.88. The number of hydrogen-bond donors (Lipinski definition) is 1. The van der Waals surface area contributed by atoms with Crippen molar-refractivity contribution in [2.24, 2.45) is 0 Å². The van der Waals surface area contributed by atoms with E-state index in [4.69, 9.17) is 9.84 Å². The molecule has 0 radical (unpaired) electrons. The summed E-state index contributed by atoms with van der Waals surface area (Å²) in [6, 6.07) is 3.43. The van der Waals surface area contributed by atoms with Crippen LogP contribution in [0.5, 0.6) is 5.75 Å². The highest BCUT2D eigenvalue weighted by Gasteiger charge is 2.17. The van der Waals surface area contributed by atoms with E-state index in [1.807, 2.05) is 0 Å². The van der Waals surface area contributed by atoms with Gasteiger partial charge in [-0.3, -0.25) is 10.1 Å². The zero-order valence-corrected chi connectivity index (χ0v) is 9.12. The van der Waals surface area contributed by atoms with Crippen LogP contribution in [0.25, 0.3) is 0 Å². The van der Waals surface area contributed by atoms with Crippen molar-refractivity contribution in [1.29, 1.82) is 0 Å². The van der Waals surface area contributed by atoms with E-state index >= 15 is 0 Å². The van der Waals surface area contributed by atoms with Crippen LogP contribution in [-0.2, 0) is 0 Å². The van der Waals surface area contributed by atoms with Crippen LogP contribution in [0.1, 0.15) is 17.3 Å². The summed E-state index contributed by atoms with van der Waals surface area (Å²) in [6.45, 7) is 1.94. The molecule has 0 amide bonds. The van der Waals surface area contributed by atoms with Gasteiger partial charge in [0.1, 0.15) is 6.61 Å². The minimum Gasteiger partial charge on any atom is -0.483 e. The number of nitrogens with zero attached hydrogens (tertiary/aromatic N) is 1. The molecular weight excluding hydrogens is 226 g/mol. The van der Waals surface area contributed by atoms with Crippen molar-refractivity contribution < 1.29 is 19.6 Å². The Kier molecular flexibility index (Phi) is 4.21. The maximum absolute atomic E-state index is 10.7. The molecule has 0 spiro atoms. The molecule has 90 valence electrons. The second-order valence-corrected chi connectivity index (χ2v) is 3.12. The molecule has 0 aliphatic heterocycles. The van der Waals surface area contributed by atoms with Crippen molar-refractivity contribution in [2.45, 2.75) is 6.92 Å². The minimum absolute atomic E-state index is 0.0481. The molecule has 0 unspecified atom stereocenters. The van der Waals surface area contributed by atoms with Gasteiger partial charge >= 0.3 is 11.7 Å². The Hall–Kier alpha value is -2.37. The number of benzene rings is 1. The summed E-state index contributed by atoms with van der Waals surface area (Å²) in [4.78, 5) is 20.8. The third-order valence-electron chi connectivity index (χ3n) is 1.97. The van der Waals surface area contributed by atoms with E-state index in [0.29, 0.717) is 0 Å². The number of carbonyl (C=O) groups is 1. The first kappa shape index (κ1) is 12.7. The zero-order valence-electron chi connectivity index (χ0n) is 9.12. The molecule has 1 aromatic carbocycles. The molecule has 1 N–H and O–H groups in total. The Bertz CT molecular complexity index is 467. The molecule has 0 bridgehead atoms. The van der Waals surface area contributed by atoms with E-state index in [1.165, 1.54) is 6.07 Å². The number of ether oxygens (including phenoxy) is 1. The van der Waals surface area contributed by atoms with Crippen molar-refractivity contribution in [3.63, 3.8) is 0 Å². The van der Waals surface area contributed by atoms with E-state index in [-0.39, 0.29) is 23.6 Å². The first-order chi connectivity index (χ1) is 8.06. The van der Waals surface area contributed by atoms with Gasteiger partial charge in [-0.1, -0.05) is 12.2 Å². The fourth-order valence-electron chi connectivity index (χ4n) is 1.15. The Morgan fingerprint density at radius 2 is 2.29 bits per heavy atom. The van der Waals surface area contributed by atoms with Crippen LogP contribution < -0.4 is 4.74 Å². The molecule has 17 heavy (non-hydrogen) atoms. The fraction of sp³-hybridized carbons (Fsp3) is 0.182. The lowest BCUT2D eigenvalue weighted by atomic mass is 10.2. The summed E-state index contributed by atoms with van der Waals surface area (Å²) < 4.78 is 5.14. The molecule has 6 nitrogen and oxygen atoms in total. The summed E-state index contributed by atoms with van der Waals surface area (Å²) in [5, 5.41) is 19.5. The van der Waals surface area contributed by atoms with Gasteiger partial charge in [0.25, 0.3) is 0 Å². The second-order valence-electron chi connectivity index (χ2n) is 3.12. The van der Waals surface area contributed by atoms with Gasteiger partial charge in [-0.25, -0.2) is 4.79 Å². The lowest BCUT2D eigenvalue weighted by Gasteiger charge is -2.05. The summed E-state index contributed by atoms with van der Waals surface area (Å²) >= 11 is 0. The molecule has 0 saturated carbocycles. The monoisotopic (exact) mass is 237 g/mol. The molecule has 0 aromatic heterocycles. The van der Waals surface area contributed by atoms with Gasteiger partial charge < -0.3 is 9.84 Å². The largest absolute Gasteiger partial charge is 0.483 e. The van der Waals surface area contributed by atoms with E-state index < -0.39 is 10.9 Å². The molecule has 0 atom stereocenters. The molecule has 0 fully saturated rings. The van der Waals surface area contributed by atoms with Crippen molar-refractivity contribution in [2.75, 3.05) is 6.61 Å². The molecule has 0 heterocycles. The molecule has 6 heteroatoms. The highest BCUT2D eigenvalue weighted by atomic mass is 16.6. The topological polar surface area (TPSA) is 89.7 Å². The number of aromatic carboxylic acids is 1. The molecule has 1 rings (SSSR count). The molecule has 1 aromatic rings. The Balaban J connectivity index is 3.06. The maximum Gasteiger partial charge on any atom is 0.335 e. The third-order valence-corrected chi connectivity index (χ3v) is 1.97. The standard InChI is InChI=1S/C11H11NO5/c1-2-3-6-17-10-7-8(11(13)14)4-5-9(10)12(15)16/h2-5,7H,6H2,1H3,(H,13,14)/b3-2+. The zero-order chi connectivity index (χ0) is 12.8. The van der Waals surface area contributed by atoms with Gasteiger partial charge in [0, 0.05) is 12.1 Å². The first-order valence-electron chi connectivity index (χ1n) is 4.82. The Morgan fingerprint density at radius 3 is 2.82 bits per heavy atom. The average molecular weight is 237 g/mol. The van der Waals surface area contributed by atoms with Gasteiger partial charge in [-0.15, -0.1) is 0 Å². The molecule has 0 aliphatic rings. The van der Waals surface area contributed by atoms with E-state index in [1.54, 1.807) is 19.1 Å². The van der Waals surface area contributed by atoms with Crippen LogP contribution >= 0.6 is 0 Å². The van der Waals surface area contributed by atoms with E-state index in [0.717, 1.165) is 12.1 Å². The van der Waals surface area contributed by atoms with Crippen LogP contribution in [0.3, 0.4) is 0 Å². The smallest absolute Gasteiger partial charge is 0.335 e. The fourth-order valence-corrected chi connectivity index (χ4v) is 1.15. The van der Waals surface area contributed by atoms with Crippen LogP contribution in [0, 0.1) is 10.1 Å². The van der Waals surface area contributed by atoms with Gasteiger partial charge in [0.15, 0.2) is 5.75 Å². The number of nitro groups is 1. The maximum atomic E-state index is 10.7. The molecule has 0 saturated heterocycles. The van der Waals surface area contributed by atoms with Gasteiger partial charge in [-0.2, -0.15) is 0 Å². The number of allylic oxidation sites excluding steroid dienone is 1. The quantitative estimate of drug-likeness (QED) is 0.482. The van der Waals surface area contributed by atoms with Crippen LogP contribution in [0.4, 0.5) is 5.69 Å². The van der Waals surface area contributed by atoms with Crippen molar-refractivity contribution in [3.05, 3.63) is 46.0 Å². The third kappa shape index (κ3) is 3.30. The van der Waals surface area contributed by atoms with Crippen LogP contribution in [0.2, 0.25) is 0 Å².